The fraction of sp³-hybridized carbons (Fsp3) is 0.421. The number of aromatic nitrogens is 1. The molecule has 27 heavy (non-hydrogen) atoms. The van der Waals surface area contributed by atoms with Crippen LogP contribution in [0.3, 0.4) is 0 Å². The van der Waals surface area contributed by atoms with E-state index in [2.05, 4.69) is 5.32 Å². The van der Waals surface area contributed by atoms with E-state index >= 15 is 0 Å². The number of aromatic carboxylic acids is 2. The molecule has 1 heterocycles. The molecule has 1 amide bonds. The van der Waals surface area contributed by atoms with Gasteiger partial charge in [-0.05, 0) is 52.3 Å². The van der Waals surface area contributed by atoms with E-state index in [0.717, 1.165) is 0 Å². The number of hydrogen-bond acceptors (Lipinski definition) is 4. The number of carboxylic acids is 2. The van der Waals surface area contributed by atoms with Crippen molar-refractivity contribution < 1.29 is 29.3 Å². The third-order valence-electron chi connectivity index (χ3n) is 3.98. The standard InChI is InChI=1S/C19H24N2O6/c1-11(7-8-20-18(26)27-19(2,3)4)21-14-10-13(16(22)23)6-5-12(14)9-15(21)17(24)25/h5-6,9-11H,7-8H2,1-4H3,(H,20,26)(H,22,23)(H,24,25)/t11-/m0/s1. The predicted molar refractivity (Wildman–Crippen MR) is 99.4 cm³/mol. The number of amides is 1. The van der Waals surface area contributed by atoms with Gasteiger partial charge in [0.15, 0.2) is 0 Å². The highest BCUT2D eigenvalue weighted by Crippen LogP contribution is 2.27. The molecular weight excluding hydrogens is 352 g/mol. The smallest absolute Gasteiger partial charge is 0.407 e. The first-order valence-corrected chi connectivity index (χ1v) is 8.58. The van der Waals surface area contributed by atoms with Crippen LogP contribution in [0, 0.1) is 0 Å². The molecule has 0 saturated heterocycles. The van der Waals surface area contributed by atoms with Crippen LogP contribution in [-0.4, -0.2) is 45.0 Å². The predicted octanol–water partition coefficient (Wildman–Crippen LogP) is 3.51. The summed E-state index contributed by atoms with van der Waals surface area (Å²) in [6.07, 6.45) is -0.0978. The lowest BCUT2D eigenvalue weighted by atomic mass is 10.1. The van der Waals surface area contributed by atoms with Crippen LogP contribution in [0.25, 0.3) is 10.9 Å². The summed E-state index contributed by atoms with van der Waals surface area (Å²) in [7, 11) is 0. The topological polar surface area (TPSA) is 118 Å². The Hall–Kier alpha value is -3.03. The minimum atomic E-state index is -1.10. The second-order valence-electron chi connectivity index (χ2n) is 7.35. The van der Waals surface area contributed by atoms with Crippen LogP contribution >= 0.6 is 0 Å². The van der Waals surface area contributed by atoms with Gasteiger partial charge in [-0.3, -0.25) is 0 Å². The van der Waals surface area contributed by atoms with Gasteiger partial charge in [-0.25, -0.2) is 14.4 Å². The molecule has 1 aromatic carbocycles. The van der Waals surface area contributed by atoms with E-state index < -0.39 is 23.6 Å². The lowest BCUT2D eigenvalue weighted by Crippen LogP contribution is -2.33. The number of carbonyl (C=O) groups excluding carboxylic acids is 1. The second kappa shape index (κ2) is 7.69. The fourth-order valence-electron chi connectivity index (χ4n) is 2.82. The number of benzene rings is 1. The lowest BCUT2D eigenvalue weighted by molar-refractivity contribution is 0.0523. The van der Waals surface area contributed by atoms with Crippen LogP contribution in [0.5, 0.6) is 0 Å². The minimum absolute atomic E-state index is 0.0670. The molecule has 0 saturated carbocycles. The third kappa shape index (κ3) is 4.99. The molecule has 146 valence electrons. The number of nitrogens with one attached hydrogen (secondary N) is 1. The lowest BCUT2D eigenvalue weighted by Gasteiger charge is -2.21. The highest BCUT2D eigenvalue weighted by atomic mass is 16.6. The van der Waals surface area contributed by atoms with E-state index in [0.29, 0.717) is 17.3 Å². The molecule has 0 spiro atoms. The van der Waals surface area contributed by atoms with Gasteiger partial charge in [0.2, 0.25) is 0 Å². The van der Waals surface area contributed by atoms with Gasteiger partial charge in [-0.1, -0.05) is 6.07 Å². The number of carboxylic acid groups (broad SMARTS) is 2. The quantitative estimate of drug-likeness (QED) is 0.710. The molecule has 8 nitrogen and oxygen atoms in total. The Kier molecular flexibility index (Phi) is 5.78. The molecule has 1 aromatic heterocycles. The van der Waals surface area contributed by atoms with Crippen molar-refractivity contribution in [2.75, 3.05) is 6.54 Å². The molecule has 0 aliphatic heterocycles. The number of alkyl carbamates (subject to hydrolysis) is 1. The summed E-state index contributed by atoms with van der Waals surface area (Å²) in [6, 6.07) is 5.72. The van der Waals surface area contributed by atoms with Crippen molar-refractivity contribution in [3.05, 3.63) is 35.5 Å². The summed E-state index contributed by atoms with van der Waals surface area (Å²) in [5, 5.41) is 22.0. The van der Waals surface area contributed by atoms with Crippen molar-refractivity contribution in [1.82, 2.24) is 9.88 Å². The Balaban J connectivity index is 2.23. The highest BCUT2D eigenvalue weighted by Gasteiger charge is 2.21. The summed E-state index contributed by atoms with van der Waals surface area (Å²) < 4.78 is 6.75. The van der Waals surface area contributed by atoms with E-state index in [1.165, 1.54) is 18.2 Å². The van der Waals surface area contributed by atoms with E-state index in [4.69, 9.17) is 4.74 Å². The summed E-state index contributed by atoms with van der Waals surface area (Å²) >= 11 is 0. The molecule has 0 fully saturated rings. The Labute approximate surface area is 156 Å². The first-order chi connectivity index (χ1) is 12.5. The molecule has 0 aliphatic rings. The van der Waals surface area contributed by atoms with Crippen LogP contribution in [-0.2, 0) is 4.74 Å². The van der Waals surface area contributed by atoms with Crippen LogP contribution in [0.4, 0.5) is 4.79 Å². The fourth-order valence-corrected chi connectivity index (χ4v) is 2.82. The Morgan fingerprint density at radius 1 is 1.15 bits per heavy atom. The maximum Gasteiger partial charge on any atom is 0.407 e. The summed E-state index contributed by atoms with van der Waals surface area (Å²) in [5.41, 5.74) is 0.0722. The average molecular weight is 376 g/mol. The van der Waals surface area contributed by atoms with Crippen molar-refractivity contribution >= 4 is 28.9 Å². The van der Waals surface area contributed by atoms with E-state index in [1.54, 1.807) is 31.4 Å². The van der Waals surface area contributed by atoms with Crippen molar-refractivity contribution in [1.29, 1.82) is 0 Å². The van der Waals surface area contributed by atoms with Gasteiger partial charge in [0.05, 0.1) is 5.56 Å². The first kappa shape index (κ1) is 20.3. The van der Waals surface area contributed by atoms with Crippen molar-refractivity contribution in [2.24, 2.45) is 0 Å². The van der Waals surface area contributed by atoms with E-state index in [-0.39, 0.29) is 23.8 Å². The maximum atomic E-state index is 11.7. The second-order valence-corrected chi connectivity index (χ2v) is 7.35. The zero-order chi connectivity index (χ0) is 20.4. The average Bonchev–Trinajstić information content (AvgIpc) is 2.91. The van der Waals surface area contributed by atoms with Crippen molar-refractivity contribution in [3.63, 3.8) is 0 Å². The van der Waals surface area contributed by atoms with Gasteiger partial charge in [-0.2, -0.15) is 0 Å². The van der Waals surface area contributed by atoms with Gasteiger partial charge >= 0.3 is 18.0 Å². The van der Waals surface area contributed by atoms with Crippen LogP contribution in [0.1, 0.15) is 61.0 Å². The third-order valence-corrected chi connectivity index (χ3v) is 3.98. The van der Waals surface area contributed by atoms with Crippen LogP contribution < -0.4 is 5.32 Å². The summed E-state index contributed by atoms with van der Waals surface area (Å²) in [6.45, 7) is 7.39. The number of carbonyl (C=O) groups is 3. The summed E-state index contributed by atoms with van der Waals surface area (Å²) in [5.74, 6) is -2.18. The molecule has 2 aromatic rings. The number of fused-ring (bicyclic) bond motifs is 1. The minimum Gasteiger partial charge on any atom is -0.478 e. The number of rotatable bonds is 6. The molecule has 2 rings (SSSR count). The first-order valence-electron chi connectivity index (χ1n) is 8.58. The maximum absolute atomic E-state index is 11.7. The van der Waals surface area contributed by atoms with E-state index in [9.17, 15) is 24.6 Å². The zero-order valence-electron chi connectivity index (χ0n) is 15.8. The molecular formula is C19H24N2O6. The largest absolute Gasteiger partial charge is 0.478 e. The van der Waals surface area contributed by atoms with Gasteiger partial charge in [0.1, 0.15) is 11.3 Å². The van der Waals surface area contributed by atoms with Crippen LogP contribution in [0.15, 0.2) is 24.3 Å². The summed E-state index contributed by atoms with van der Waals surface area (Å²) in [4.78, 5) is 34.6. The molecule has 0 radical (unpaired) electrons. The van der Waals surface area contributed by atoms with Crippen LogP contribution in [0.2, 0.25) is 0 Å². The van der Waals surface area contributed by atoms with E-state index in [1.807, 2.05) is 6.92 Å². The number of nitrogens with zero attached hydrogens (tertiary/aromatic N) is 1. The molecule has 1 atom stereocenters. The molecule has 3 N–H and O–H groups in total. The number of ether oxygens (including phenoxy) is 1. The van der Waals surface area contributed by atoms with Crippen molar-refractivity contribution in [2.45, 2.75) is 45.8 Å². The monoisotopic (exact) mass is 376 g/mol. The SMILES string of the molecule is C[C@@H](CCNC(=O)OC(C)(C)C)n1c(C(=O)O)cc2ccc(C(=O)O)cc21. The molecule has 0 bridgehead atoms. The Bertz CT molecular complexity index is 878. The normalized spacial score (nSPS) is 12.6. The molecule has 8 heteroatoms. The highest BCUT2D eigenvalue weighted by molar-refractivity contribution is 5.98. The van der Waals surface area contributed by atoms with Gasteiger partial charge in [0.25, 0.3) is 0 Å². The Morgan fingerprint density at radius 3 is 2.37 bits per heavy atom. The van der Waals surface area contributed by atoms with Gasteiger partial charge < -0.3 is 24.8 Å². The number of hydrogen-bond donors (Lipinski definition) is 3. The van der Waals surface area contributed by atoms with Gasteiger partial charge in [0, 0.05) is 23.5 Å². The van der Waals surface area contributed by atoms with Gasteiger partial charge in [-0.15, -0.1) is 0 Å². The molecule has 0 aliphatic carbocycles. The Morgan fingerprint density at radius 2 is 1.81 bits per heavy atom. The molecule has 0 unspecified atom stereocenters. The zero-order valence-corrected chi connectivity index (χ0v) is 15.8. The van der Waals surface area contributed by atoms with Crippen molar-refractivity contribution in [3.8, 4) is 0 Å².